The molecule has 2 aromatic heterocycles. The van der Waals surface area contributed by atoms with Crippen LogP contribution in [0.15, 0.2) is 36.7 Å². The van der Waals surface area contributed by atoms with Crippen molar-refractivity contribution < 1.29 is 9.53 Å². The number of aryl methyl sites for hydroxylation is 2. The molecule has 0 unspecified atom stereocenters. The van der Waals surface area contributed by atoms with Gasteiger partial charge in [0.15, 0.2) is 0 Å². The Morgan fingerprint density at radius 2 is 2.17 bits per heavy atom. The highest BCUT2D eigenvalue weighted by atomic mass is 16.5. The minimum absolute atomic E-state index is 0.292. The van der Waals surface area contributed by atoms with Gasteiger partial charge in [-0.3, -0.25) is 9.67 Å². The molecular formula is C17H19N5O2. The van der Waals surface area contributed by atoms with Gasteiger partial charge in [0, 0.05) is 42.6 Å². The number of carbonyl (C=O) groups excluding carboxylic acids is 1. The van der Waals surface area contributed by atoms with Crippen LogP contribution in [0.3, 0.4) is 0 Å². The Kier molecular flexibility index (Phi) is 4.33. The van der Waals surface area contributed by atoms with Gasteiger partial charge in [-0.15, -0.1) is 0 Å². The van der Waals surface area contributed by atoms with Gasteiger partial charge in [-0.2, -0.15) is 5.10 Å². The minimum atomic E-state index is -0.292. The van der Waals surface area contributed by atoms with Crippen molar-refractivity contribution in [2.45, 2.75) is 13.5 Å². The Labute approximate surface area is 139 Å². The number of amides is 2. The molecule has 0 saturated heterocycles. The molecule has 0 spiro atoms. The van der Waals surface area contributed by atoms with Crippen LogP contribution in [0.1, 0.15) is 11.3 Å². The van der Waals surface area contributed by atoms with Crippen molar-refractivity contribution in [3.05, 3.63) is 47.9 Å². The van der Waals surface area contributed by atoms with E-state index in [0.717, 1.165) is 22.2 Å². The third-order valence-corrected chi connectivity index (χ3v) is 3.81. The number of anilines is 1. The summed E-state index contributed by atoms with van der Waals surface area (Å²) >= 11 is 0. The number of rotatable bonds is 4. The fourth-order valence-corrected chi connectivity index (χ4v) is 2.61. The molecule has 24 heavy (non-hydrogen) atoms. The standard InChI is InChI=1S/C17H19N5O2/c1-11-14-5-4-13(8-15(14)22(2)21-11)20-17(23)19-10-12-9-18-7-6-16(12)24-3/h4-9H,10H2,1-3H3,(H2,19,20,23). The molecule has 2 heterocycles. The van der Waals surface area contributed by atoms with Gasteiger partial charge in [0.1, 0.15) is 5.75 Å². The van der Waals surface area contributed by atoms with Crippen molar-refractivity contribution in [2.24, 2.45) is 7.05 Å². The molecule has 0 aliphatic carbocycles. The second kappa shape index (κ2) is 6.57. The number of nitrogens with one attached hydrogen (secondary N) is 2. The van der Waals surface area contributed by atoms with Crippen molar-refractivity contribution in [3.63, 3.8) is 0 Å². The maximum Gasteiger partial charge on any atom is 0.319 e. The molecule has 124 valence electrons. The van der Waals surface area contributed by atoms with Crippen molar-refractivity contribution in [1.82, 2.24) is 20.1 Å². The van der Waals surface area contributed by atoms with Gasteiger partial charge >= 0.3 is 6.03 Å². The Morgan fingerprint density at radius 3 is 2.96 bits per heavy atom. The summed E-state index contributed by atoms with van der Waals surface area (Å²) in [5.74, 6) is 0.692. The summed E-state index contributed by atoms with van der Waals surface area (Å²) in [6, 6.07) is 7.19. The number of pyridine rings is 1. The largest absolute Gasteiger partial charge is 0.496 e. The summed E-state index contributed by atoms with van der Waals surface area (Å²) in [7, 11) is 3.47. The Balaban J connectivity index is 1.67. The Bertz CT molecular complexity index is 888. The fourth-order valence-electron chi connectivity index (χ4n) is 2.61. The first kappa shape index (κ1) is 15.8. The van der Waals surface area contributed by atoms with Crippen molar-refractivity contribution in [1.29, 1.82) is 0 Å². The average molecular weight is 325 g/mol. The minimum Gasteiger partial charge on any atom is -0.496 e. The van der Waals surface area contributed by atoms with Gasteiger partial charge in [-0.05, 0) is 31.2 Å². The van der Waals surface area contributed by atoms with E-state index in [0.29, 0.717) is 18.0 Å². The molecule has 0 aliphatic heterocycles. The molecule has 0 bridgehead atoms. The van der Waals surface area contributed by atoms with Gasteiger partial charge in [0.25, 0.3) is 0 Å². The molecule has 2 N–H and O–H groups in total. The van der Waals surface area contributed by atoms with Crippen LogP contribution >= 0.6 is 0 Å². The number of urea groups is 1. The third kappa shape index (κ3) is 3.15. The number of aromatic nitrogens is 3. The summed E-state index contributed by atoms with van der Waals surface area (Å²) in [6.07, 6.45) is 3.32. The van der Waals surface area contributed by atoms with Crippen molar-refractivity contribution in [3.8, 4) is 5.75 Å². The van der Waals surface area contributed by atoms with Crippen molar-refractivity contribution in [2.75, 3.05) is 12.4 Å². The summed E-state index contributed by atoms with van der Waals surface area (Å²) < 4.78 is 7.04. The summed E-state index contributed by atoms with van der Waals surface area (Å²) in [4.78, 5) is 16.1. The van der Waals surface area contributed by atoms with Crippen molar-refractivity contribution >= 4 is 22.6 Å². The quantitative estimate of drug-likeness (QED) is 0.772. The van der Waals surface area contributed by atoms with Gasteiger partial charge in [0.05, 0.1) is 18.3 Å². The van der Waals surface area contributed by atoms with Crippen LogP contribution in [0.2, 0.25) is 0 Å². The van der Waals surface area contributed by atoms with E-state index >= 15 is 0 Å². The van der Waals surface area contributed by atoms with Gasteiger partial charge in [0.2, 0.25) is 0 Å². The topological polar surface area (TPSA) is 81.1 Å². The number of hydrogen-bond donors (Lipinski definition) is 2. The van der Waals surface area contributed by atoms with Crippen LogP contribution in [0.25, 0.3) is 10.9 Å². The van der Waals surface area contributed by atoms with E-state index < -0.39 is 0 Å². The smallest absolute Gasteiger partial charge is 0.319 e. The summed E-state index contributed by atoms with van der Waals surface area (Å²) in [5, 5.41) is 11.1. The number of benzene rings is 1. The van der Waals surface area contributed by atoms with E-state index in [1.807, 2.05) is 32.2 Å². The Morgan fingerprint density at radius 1 is 1.33 bits per heavy atom. The van der Waals surface area contributed by atoms with Crippen LogP contribution in [0, 0.1) is 6.92 Å². The second-order valence-electron chi connectivity index (χ2n) is 5.44. The van der Waals surface area contributed by atoms with E-state index in [2.05, 4.69) is 20.7 Å². The predicted molar refractivity (Wildman–Crippen MR) is 92.1 cm³/mol. The van der Waals surface area contributed by atoms with E-state index in [4.69, 9.17) is 4.74 Å². The lowest BCUT2D eigenvalue weighted by Crippen LogP contribution is -2.28. The molecule has 0 atom stereocenters. The molecule has 1 aromatic carbocycles. The lowest BCUT2D eigenvalue weighted by Gasteiger charge is -2.10. The first-order valence-electron chi connectivity index (χ1n) is 7.53. The first-order chi connectivity index (χ1) is 11.6. The maximum atomic E-state index is 12.1. The molecule has 2 amide bonds. The van der Waals surface area contributed by atoms with Gasteiger partial charge < -0.3 is 15.4 Å². The van der Waals surface area contributed by atoms with Crippen LogP contribution in [-0.4, -0.2) is 27.9 Å². The van der Waals surface area contributed by atoms with E-state index in [1.54, 1.807) is 30.3 Å². The molecule has 3 aromatic rings. The number of methoxy groups -OCH3 is 1. The van der Waals surface area contributed by atoms with Crippen LogP contribution in [-0.2, 0) is 13.6 Å². The van der Waals surface area contributed by atoms with E-state index in [-0.39, 0.29) is 6.03 Å². The zero-order valence-corrected chi connectivity index (χ0v) is 13.8. The number of fused-ring (bicyclic) bond motifs is 1. The molecule has 0 radical (unpaired) electrons. The monoisotopic (exact) mass is 325 g/mol. The normalized spacial score (nSPS) is 10.6. The lowest BCUT2D eigenvalue weighted by molar-refractivity contribution is 0.251. The third-order valence-electron chi connectivity index (χ3n) is 3.81. The number of hydrogen-bond acceptors (Lipinski definition) is 4. The highest BCUT2D eigenvalue weighted by Gasteiger charge is 2.08. The molecule has 7 heteroatoms. The van der Waals surface area contributed by atoms with Gasteiger partial charge in [-0.1, -0.05) is 0 Å². The van der Waals surface area contributed by atoms with Crippen LogP contribution in [0.5, 0.6) is 5.75 Å². The zero-order valence-electron chi connectivity index (χ0n) is 13.8. The summed E-state index contributed by atoms with van der Waals surface area (Å²) in [5.41, 5.74) is 3.46. The molecule has 7 nitrogen and oxygen atoms in total. The second-order valence-corrected chi connectivity index (χ2v) is 5.44. The first-order valence-corrected chi connectivity index (χ1v) is 7.53. The highest BCUT2D eigenvalue weighted by Crippen LogP contribution is 2.21. The Hall–Kier alpha value is -3.09. The van der Waals surface area contributed by atoms with E-state index in [9.17, 15) is 4.79 Å². The predicted octanol–water partition coefficient (Wildman–Crippen LogP) is 2.61. The van der Waals surface area contributed by atoms with Gasteiger partial charge in [-0.25, -0.2) is 4.79 Å². The zero-order chi connectivity index (χ0) is 17.1. The molecule has 0 aliphatic rings. The average Bonchev–Trinajstić information content (AvgIpc) is 2.87. The lowest BCUT2D eigenvalue weighted by atomic mass is 10.2. The number of nitrogens with zero attached hydrogens (tertiary/aromatic N) is 3. The molecule has 0 saturated carbocycles. The highest BCUT2D eigenvalue weighted by molar-refractivity contribution is 5.93. The SMILES string of the molecule is COc1ccncc1CNC(=O)Nc1ccc2c(C)nn(C)c2c1. The number of ether oxygens (including phenoxy) is 1. The molecule has 0 fully saturated rings. The summed E-state index contributed by atoms with van der Waals surface area (Å²) in [6.45, 7) is 2.29. The van der Waals surface area contributed by atoms with Crippen LogP contribution in [0.4, 0.5) is 10.5 Å². The molecular weight excluding hydrogens is 306 g/mol. The van der Waals surface area contributed by atoms with Crippen LogP contribution < -0.4 is 15.4 Å². The fraction of sp³-hybridized carbons (Fsp3) is 0.235. The number of carbonyl (C=O) groups is 1. The maximum absolute atomic E-state index is 12.1. The molecule has 3 rings (SSSR count). The van der Waals surface area contributed by atoms with E-state index in [1.165, 1.54) is 0 Å².